The van der Waals surface area contributed by atoms with Gasteiger partial charge in [0.05, 0.1) is 37.0 Å². The number of phenolic OH excluding ortho intramolecular Hbond substituents is 3. The summed E-state index contributed by atoms with van der Waals surface area (Å²) in [4.78, 5) is 28.0. The zero-order chi connectivity index (χ0) is 49.4. The molecule has 0 saturated carbocycles. The molecule has 0 amide bonds. The number of aryl methyl sites for hydroxylation is 2. The Kier molecular flexibility index (Phi) is 22.5. The first-order valence-electron chi connectivity index (χ1n) is 25.5. The van der Waals surface area contributed by atoms with Crippen LogP contribution in [0.2, 0.25) is 0 Å². The molecule has 370 valence electrons. The van der Waals surface area contributed by atoms with Crippen LogP contribution in [0.5, 0.6) is 34.5 Å². The molecule has 12 nitrogen and oxygen atoms in total. The fourth-order valence-electron chi connectivity index (χ4n) is 7.83. The van der Waals surface area contributed by atoms with Crippen molar-refractivity contribution in [3.8, 4) is 80.0 Å². The van der Waals surface area contributed by atoms with Gasteiger partial charge < -0.3 is 29.5 Å². The van der Waals surface area contributed by atoms with E-state index in [1.165, 1.54) is 38.5 Å². The molecule has 12 heteroatoms. The van der Waals surface area contributed by atoms with Crippen molar-refractivity contribution in [3.05, 3.63) is 96.6 Å². The monoisotopic (exact) mass is 941 g/mol. The van der Waals surface area contributed by atoms with E-state index >= 15 is 0 Å². The van der Waals surface area contributed by atoms with E-state index in [1.54, 1.807) is 37.4 Å². The van der Waals surface area contributed by atoms with Crippen LogP contribution >= 0.6 is 0 Å². The molecule has 3 N–H and O–H groups in total. The average molecular weight is 941 g/mol. The highest BCUT2D eigenvalue weighted by molar-refractivity contribution is 5.73. The molecule has 4 aromatic carbocycles. The van der Waals surface area contributed by atoms with Gasteiger partial charge in [0.1, 0.15) is 46.1 Å². The number of hydrogen-bond acceptors (Lipinski definition) is 12. The van der Waals surface area contributed by atoms with Crippen LogP contribution in [0.3, 0.4) is 0 Å². The van der Waals surface area contributed by atoms with Crippen LogP contribution in [0.25, 0.3) is 45.6 Å². The first-order chi connectivity index (χ1) is 33.6. The Hall–Kier alpha value is -6.30. The second-order valence-corrected chi connectivity index (χ2v) is 17.8. The lowest BCUT2D eigenvalue weighted by molar-refractivity contribution is 0.232. The van der Waals surface area contributed by atoms with Gasteiger partial charge >= 0.3 is 0 Å². The van der Waals surface area contributed by atoms with E-state index in [-0.39, 0.29) is 28.9 Å². The number of methoxy groups -OCH3 is 1. The highest BCUT2D eigenvalue weighted by Crippen LogP contribution is 2.36. The molecular weight excluding hydrogens is 865 g/mol. The molecule has 0 aliphatic carbocycles. The van der Waals surface area contributed by atoms with Gasteiger partial charge in [0, 0.05) is 30.5 Å². The minimum Gasteiger partial charge on any atom is -0.507 e. The smallest absolute Gasteiger partial charge is 0.167 e. The van der Waals surface area contributed by atoms with Crippen LogP contribution in [0.4, 0.5) is 0 Å². The molecule has 0 bridgehead atoms. The van der Waals surface area contributed by atoms with E-state index in [0.717, 1.165) is 81.4 Å². The summed E-state index contributed by atoms with van der Waals surface area (Å²) in [6, 6.07) is 25.0. The van der Waals surface area contributed by atoms with Crippen molar-refractivity contribution in [2.45, 2.75) is 144 Å². The normalized spacial score (nSPS) is 11.9. The highest BCUT2D eigenvalue weighted by Gasteiger charge is 2.19. The third-order valence-electron chi connectivity index (χ3n) is 12.3. The Morgan fingerprint density at radius 2 is 0.870 bits per heavy atom. The molecule has 2 heterocycles. The number of aromatic hydroxyl groups is 3. The number of phenols is 3. The van der Waals surface area contributed by atoms with Crippen molar-refractivity contribution in [3.63, 3.8) is 0 Å². The minimum atomic E-state index is -0.00143. The molecule has 0 radical (unpaired) electrons. The van der Waals surface area contributed by atoms with Crippen molar-refractivity contribution in [1.29, 1.82) is 0 Å². The molecule has 0 spiro atoms. The summed E-state index contributed by atoms with van der Waals surface area (Å²) < 4.78 is 17.4. The van der Waals surface area contributed by atoms with Gasteiger partial charge in [-0.1, -0.05) is 118 Å². The number of para-hydroxylation sites is 1. The summed E-state index contributed by atoms with van der Waals surface area (Å²) in [6.45, 7) is 14.3. The van der Waals surface area contributed by atoms with E-state index in [9.17, 15) is 15.3 Å². The average Bonchev–Trinajstić information content (AvgIpc) is 3.37. The molecule has 2 unspecified atom stereocenters. The van der Waals surface area contributed by atoms with Gasteiger partial charge in [0.25, 0.3) is 0 Å². The predicted octanol–water partition coefficient (Wildman–Crippen LogP) is 14.2. The van der Waals surface area contributed by atoms with Crippen molar-refractivity contribution >= 4 is 0 Å². The molecule has 0 aliphatic heterocycles. The quantitative estimate of drug-likeness (QED) is 0.0419. The second kappa shape index (κ2) is 28.9. The van der Waals surface area contributed by atoms with Crippen LogP contribution in [0.1, 0.15) is 143 Å². The van der Waals surface area contributed by atoms with Crippen molar-refractivity contribution in [2.24, 2.45) is 11.8 Å². The second-order valence-electron chi connectivity index (χ2n) is 17.8. The third-order valence-corrected chi connectivity index (χ3v) is 12.3. The highest BCUT2D eigenvalue weighted by atomic mass is 16.5. The maximum atomic E-state index is 11.1. The maximum absolute atomic E-state index is 11.1. The third kappa shape index (κ3) is 16.7. The molecule has 0 fully saturated rings. The van der Waals surface area contributed by atoms with Crippen LogP contribution in [-0.2, 0) is 12.8 Å². The number of aromatic nitrogens is 6. The largest absolute Gasteiger partial charge is 0.507 e. The number of nitrogens with zero attached hydrogens (tertiary/aromatic N) is 6. The summed E-state index contributed by atoms with van der Waals surface area (Å²) in [5, 5.41) is 32.3. The fraction of sp³-hybridized carbons (Fsp3) is 0.474. The van der Waals surface area contributed by atoms with Crippen molar-refractivity contribution in [1.82, 2.24) is 29.9 Å². The molecule has 2 aromatic heterocycles. The van der Waals surface area contributed by atoms with Crippen LogP contribution in [-0.4, -0.2) is 65.5 Å². The zero-order valence-electron chi connectivity index (χ0n) is 42.2. The lowest BCUT2D eigenvalue weighted by Gasteiger charge is -2.16. The number of rotatable bonds is 27. The van der Waals surface area contributed by atoms with Gasteiger partial charge in [-0.05, 0) is 98.2 Å². The lowest BCUT2D eigenvalue weighted by atomic mass is 10.0. The number of unbranched alkanes of at least 4 members (excludes halogenated alkanes) is 6. The SMILES string of the molecule is CCCCC(CC)COc1ccc(-c2nc(-c3ccc(OC)cc3)nc(-c3ccc(OCC(CC)CCCC)cc3O)n2)c(O)c1.CCCCCc1nc(CCCCC)nc(-c2ccccc2O)n1. The summed E-state index contributed by atoms with van der Waals surface area (Å²) in [5.41, 5.74) is 2.28. The van der Waals surface area contributed by atoms with Crippen LogP contribution < -0.4 is 14.2 Å². The standard InChI is InChI=1S/C38H49N3O5.C19H27N3O/c1-6-10-12-26(8-3)24-45-30-18-20-32(34(42)22-30)37-39-36(28-14-16-29(44-5)17-15-28)40-38(41-37)33-21-19-31(23-35(33)43)46-25-27(9-4)13-11-7-2;1-3-5-7-13-17-20-18(14-8-6-4-2)22-19(21-17)15-11-9-10-12-16(15)23/h14-23,26-27,42-43H,6-13,24-25H2,1-5H3;9-12,23H,3-8,13-14H2,1-2H3. The van der Waals surface area contributed by atoms with E-state index < -0.39 is 0 Å². The van der Waals surface area contributed by atoms with E-state index in [2.05, 4.69) is 56.5 Å². The molecule has 6 rings (SSSR count). The minimum absolute atomic E-state index is 0.00143. The van der Waals surface area contributed by atoms with Gasteiger partial charge in [-0.15, -0.1) is 0 Å². The maximum Gasteiger partial charge on any atom is 0.167 e. The van der Waals surface area contributed by atoms with Gasteiger partial charge in [-0.2, -0.15) is 0 Å². The summed E-state index contributed by atoms with van der Waals surface area (Å²) in [5.74, 6) is 6.28. The number of hydrogen-bond donors (Lipinski definition) is 3. The predicted molar refractivity (Wildman–Crippen MR) is 277 cm³/mol. The van der Waals surface area contributed by atoms with Gasteiger partial charge in [0.15, 0.2) is 23.3 Å². The Labute approximate surface area is 411 Å². The Morgan fingerprint density at radius 3 is 1.30 bits per heavy atom. The van der Waals surface area contributed by atoms with Crippen molar-refractivity contribution < 1.29 is 29.5 Å². The first-order valence-corrected chi connectivity index (χ1v) is 25.5. The molecule has 0 saturated heterocycles. The molecule has 2 atom stereocenters. The molecular formula is C57H76N6O6. The Balaban J connectivity index is 0.000000323. The molecule has 0 aliphatic rings. The van der Waals surface area contributed by atoms with Gasteiger partial charge in [0.2, 0.25) is 0 Å². The van der Waals surface area contributed by atoms with Crippen molar-refractivity contribution in [2.75, 3.05) is 20.3 Å². The van der Waals surface area contributed by atoms with E-state index in [0.29, 0.717) is 70.6 Å². The fourth-order valence-corrected chi connectivity index (χ4v) is 7.83. The summed E-state index contributed by atoms with van der Waals surface area (Å²) in [6.07, 6.45) is 17.7. The van der Waals surface area contributed by atoms with Gasteiger partial charge in [-0.3, -0.25) is 0 Å². The summed E-state index contributed by atoms with van der Waals surface area (Å²) >= 11 is 0. The van der Waals surface area contributed by atoms with E-state index in [4.69, 9.17) is 29.2 Å². The number of ether oxygens (including phenoxy) is 3. The Bertz CT molecular complexity index is 2330. The first kappa shape index (κ1) is 53.7. The summed E-state index contributed by atoms with van der Waals surface area (Å²) in [7, 11) is 1.61. The Morgan fingerprint density at radius 1 is 0.435 bits per heavy atom. The molecule has 6 aromatic rings. The number of benzene rings is 4. The van der Waals surface area contributed by atoms with Crippen LogP contribution in [0.15, 0.2) is 84.9 Å². The van der Waals surface area contributed by atoms with E-state index in [1.807, 2.05) is 54.6 Å². The van der Waals surface area contributed by atoms with Gasteiger partial charge in [-0.25, -0.2) is 29.9 Å². The lowest BCUT2D eigenvalue weighted by Crippen LogP contribution is -2.11. The molecule has 69 heavy (non-hydrogen) atoms. The topological polar surface area (TPSA) is 166 Å². The zero-order valence-corrected chi connectivity index (χ0v) is 42.2. The van der Waals surface area contributed by atoms with Crippen LogP contribution in [0, 0.1) is 11.8 Å².